The van der Waals surface area contributed by atoms with Crippen LogP contribution in [0.15, 0.2) is 97.2 Å². The summed E-state index contributed by atoms with van der Waals surface area (Å²) < 4.78 is 23.4. The normalized spacial score (nSPS) is 14.5. The Morgan fingerprint density at radius 3 is 1.26 bits per heavy atom. The van der Waals surface area contributed by atoms with Crippen LogP contribution in [0.4, 0.5) is 0 Å². The minimum Gasteiger partial charge on any atom is -0.756 e. The highest BCUT2D eigenvalue weighted by atomic mass is 31.2. The lowest BCUT2D eigenvalue weighted by Crippen LogP contribution is -2.45. The highest BCUT2D eigenvalue weighted by Gasteiger charge is 2.23. The maximum Gasteiger partial charge on any atom is 0.268 e. The summed E-state index contributed by atoms with van der Waals surface area (Å²) in [6.45, 7) is 4.52. The molecule has 0 bridgehead atoms. The number of hydrogen-bond donors (Lipinski definition) is 2. The van der Waals surface area contributed by atoms with Gasteiger partial charge in [-0.05, 0) is 83.5 Å². The zero-order valence-corrected chi connectivity index (χ0v) is 49.7. The van der Waals surface area contributed by atoms with E-state index in [1.807, 2.05) is 27.2 Å². The van der Waals surface area contributed by atoms with Crippen molar-refractivity contribution in [2.75, 3.05) is 40.9 Å². The molecule has 0 aromatic heterocycles. The second kappa shape index (κ2) is 55.2. The van der Waals surface area contributed by atoms with Gasteiger partial charge in [-0.3, -0.25) is 9.36 Å². The van der Waals surface area contributed by atoms with Crippen LogP contribution in [0.25, 0.3) is 0 Å². The summed E-state index contributed by atoms with van der Waals surface area (Å²) in [7, 11) is 1.24. The van der Waals surface area contributed by atoms with Crippen LogP contribution in [0.2, 0.25) is 0 Å². The third-order valence-corrected chi connectivity index (χ3v) is 14.2. The van der Waals surface area contributed by atoms with Gasteiger partial charge in [0.1, 0.15) is 13.2 Å². The summed E-state index contributed by atoms with van der Waals surface area (Å²) in [5, 5.41) is 13.9. The molecule has 0 rings (SSSR count). The van der Waals surface area contributed by atoms with Gasteiger partial charge in [0.25, 0.3) is 7.82 Å². The fraction of sp³-hybridized carbons (Fsp3) is 0.738. The number of phosphoric ester groups is 1. The van der Waals surface area contributed by atoms with Crippen molar-refractivity contribution in [1.29, 1.82) is 0 Å². The summed E-state index contributed by atoms with van der Waals surface area (Å²) in [6.07, 6.45) is 79.2. The molecule has 0 aromatic rings. The van der Waals surface area contributed by atoms with E-state index in [-0.39, 0.29) is 12.5 Å². The van der Waals surface area contributed by atoms with Crippen LogP contribution in [0, 0.1) is 0 Å². The van der Waals surface area contributed by atoms with Crippen LogP contribution >= 0.6 is 7.82 Å². The maximum absolute atomic E-state index is 13.0. The minimum absolute atomic E-state index is 0.00955. The van der Waals surface area contributed by atoms with E-state index < -0.39 is 26.6 Å². The van der Waals surface area contributed by atoms with Crippen LogP contribution in [0.1, 0.15) is 258 Å². The number of aliphatic hydroxyl groups is 1. The third-order valence-electron chi connectivity index (χ3n) is 13.3. The van der Waals surface area contributed by atoms with Crippen molar-refractivity contribution >= 4 is 13.7 Å². The molecular weight excluding hydrogens is 936 g/mol. The number of carbonyl (C=O) groups excluding carboxylic acids is 1. The molecule has 428 valence electrons. The molecule has 8 nitrogen and oxygen atoms in total. The SMILES string of the molecule is CC/C=C\C/C=C\C/C=C\C/C=C\C/C=C\C/C=C\CCCCCCCCCCCCCCCCC(=O)NC(COP(=O)([O-])OCC[N+](C)(C)C)C(O)/C=C/CC/C=C/CCCCCCCCCCCCCCC. The van der Waals surface area contributed by atoms with Crippen molar-refractivity contribution in [3.05, 3.63) is 97.2 Å². The van der Waals surface area contributed by atoms with Gasteiger partial charge in [0.2, 0.25) is 5.91 Å². The molecule has 74 heavy (non-hydrogen) atoms. The number of quaternary nitrogens is 1. The van der Waals surface area contributed by atoms with Crippen LogP contribution in [-0.4, -0.2) is 68.5 Å². The molecule has 2 N–H and O–H groups in total. The summed E-state index contributed by atoms with van der Waals surface area (Å²) in [6, 6.07) is -0.909. The molecule has 0 aromatic carbocycles. The average Bonchev–Trinajstić information content (AvgIpc) is 3.36. The number of phosphoric acid groups is 1. The van der Waals surface area contributed by atoms with Crippen molar-refractivity contribution in [3.63, 3.8) is 0 Å². The van der Waals surface area contributed by atoms with E-state index in [0.717, 1.165) is 77.0 Å². The van der Waals surface area contributed by atoms with E-state index in [2.05, 4.69) is 104 Å². The van der Waals surface area contributed by atoms with Crippen molar-refractivity contribution in [1.82, 2.24) is 5.32 Å². The highest BCUT2D eigenvalue weighted by Crippen LogP contribution is 2.38. The molecule has 0 saturated carbocycles. The summed E-state index contributed by atoms with van der Waals surface area (Å²) >= 11 is 0. The van der Waals surface area contributed by atoms with Gasteiger partial charge in [0, 0.05) is 6.42 Å². The standard InChI is InChI=1S/C65H117N2O6P/c1-6-8-10-12-14-16-18-20-22-24-26-27-28-29-30-31-32-33-34-35-36-37-38-39-41-43-45-47-49-51-53-55-57-59-65(69)66-63(62-73-74(70,71)72-61-60-67(3,4)5)64(68)58-56-54-52-50-48-46-44-42-40-25-23-21-19-17-15-13-11-9-7-2/h8,10,14,16,20,22,26-27,29-30,32-33,48,50,56,58,63-64,68H,6-7,9,11-13,15,17-19,21,23-25,28,31,34-47,49,51-55,57,59-62H2,1-5H3,(H-,66,69,70,71)/b10-8-,16-14-,22-20-,27-26-,30-29-,33-32-,50-48+,58-56+. The number of allylic oxidation sites excluding steroid dienone is 15. The van der Waals surface area contributed by atoms with E-state index in [9.17, 15) is 19.4 Å². The smallest absolute Gasteiger partial charge is 0.268 e. The number of rotatable bonds is 55. The number of likely N-dealkylation sites (N-methyl/N-ethyl adjacent to an activating group) is 1. The summed E-state index contributed by atoms with van der Waals surface area (Å²) in [5.41, 5.74) is 0. The Balaban J connectivity index is 4.16. The molecule has 3 unspecified atom stereocenters. The quantitative estimate of drug-likeness (QED) is 0.0272. The fourth-order valence-electron chi connectivity index (χ4n) is 8.53. The second-order valence-electron chi connectivity index (χ2n) is 21.7. The molecule has 3 atom stereocenters. The molecule has 9 heteroatoms. The van der Waals surface area contributed by atoms with Gasteiger partial charge in [0.15, 0.2) is 0 Å². The highest BCUT2D eigenvalue weighted by molar-refractivity contribution is 7.45. The number of nitrogens with one attached hydrogen (secondary N) is 1. The monoisotopic (exact) mass is 1050 g/mol. The first-order valence-electron chi connectivity index (χ1n) is 30.6. The molecule has 0 radical (unpaired) electrons. The fourth-order valence-corrected chi connectivity index (χ4v) is 9.25. The topological polar surface area (TPSA) is 108 Å². The number of amides is 1. The number of aliphatic hydroxyl groups excluding tert-OH is 1. The van der Waals surface area contributed by atoms with Gasteiger partial charge >= 0.3 is 0 Å². The third kappa shape index (κ3) is 57.1. The zero-order valence-electron chi connectivity index (χ0n) is 48.8. The summed E-state index contributed by atoms with van der Waals surface area (Å²) in [4.78, 5) is 25.5. The second-order valence-corrected chi connectivity index (χ2v) is 23.1. The predicted molar refractivity (Wildman–Crippen MR) is 320 cm³/mol. The van der Waals surface area contributed by atoms with Crippen LogP contribution in [-0.2, 0) is 18.4 Å². The molecule has 0 aliphatic carbocycles. The lowest BCUT2D eigenvalue weighted by Gasteiger charge is -2.29. The van der Waals surface area contributed by atoms with E-state index in [1.54, 1.807) is 6.08 Å². The van der Waals surface area contributed by atoms with Crippen LogP contribution < -0.4 is 10.2 Å². The molecule has 0 spiro atoms. The number of hydrogen-bond acceptors (Lipinski definition) is 6. The first kappa shape index (κ1) is 71.4. The Morgan fingerprint density at radius 2 is 0.838 bits per heavy atom. The van der Waals surface area contributed by atoms with Crippen molar-refractivity contribution in [2.45, 2.75) is 270 Å². The summed E-state index contributed by atoms with van der Waals surface area (Å²) in [5.74, 6) is -0.210. The van der Waals surface area contributed by atoms with Crippen molar-refractivity contribution in [3.8, 4) is 0 Å². The van der Waals surface area contributed by atoms with Gasteiger partial charge in [-0.25, -0.2) is 0 Å². The first-order chi connectivity index (χ1) is 36.0. The van der Waals surface area contributed by atoms with Crippen molar-refractivity contribution < 1.29 is 32.9 Å². The van der Waals surface area contributed by atoms with E-state index in [4.69, 9.17) is 9.05 Å². The largest absolute Gasteiger partial charge is 0.756 e. The van der Waals surface area contributed by atoms with Crippen molar-refractivity contribution in [2.24, 2.45) is 0 Å². The van der Waals surface area contributed by atoms with Gasteiger partial charge in [-0.15, -0.1) is 0 Å². The van der Waals surface area contributed by atoms with Gasteiger partial charge in [-0.1, -0.05) is 265 Å². The van der Waals surface area contributed by atoms with E-state index in [1.165, 1.54) is 161 Å². The Morgan fingerprint density at radius 1 is 0.486 bits per heavy atom. The first-order valence-corrected chi connectivity index (χ1v) is 32.1. The molecule has 0 aliphatic heterocycles. The number of nitrogens with zero attached hydrogens (tertiary/aromatic N) is 1. The lowest BCUT2D eigenvalue weighted by molar-refractivity contribution is -0.870. The Bertz CT molecular complexity index is 1520. The molecule has 1 amide bonds. The van der Waals surface area contributed by atoms with Crippen LogP contribution in [0.5, 0.6) is 0 Å². The number of carbonyl (C=O) groups is 1. The van der Waals surface area contributed by atoms with E-state index >= 15 is 0 Å². The Kier molecular flexibility index (Phi) is 53.3. The van der Waals surface area contributed by atoms with E-state index in [0.29, 0.717) is 17.4 Å². The maximum atomic E-state index is 13.0. The lowest BCUT2D eigenvalue weighted by atomic mass is 10.0. The van der Waals surface area contributed by atoms with Crippen LogP contribution in [0.3, 0.4) is 0 Å². The average molecular weight is 1050 g/mol. The number of unbranched alkanes of at least 4 members (excludes halogenated alkanes) is 28. The Labute approximate surface area is 458 Å². The van der Waals surface area contributed by atoms with Gasteiger partial charge in [0.05, 0.1) is 39.9 Å². The minimum atomic E-state index is -4.61. The molecular formula is C65H117N2O6P. The van der Waals surface area contributed by atoms with Gasteiger partial charge < -0.3 is 28.8 Å². The van der Waals surface area contributed by atoms with Gasteiger partial charge in [-0.2, -0.15) is 0 Å². The molecule has 0 saturated heterocycles. The zero-order chi connectivity index (χ0) is 54.2. The molecule has 0 aliphatic rings. The molecule has 0 heterocycles. The predicted octanol–water partition coefficient (Wildman–Crippen LogP) is 18.4. The molecule has 0 fully saturated rings. The Hall–Kier alpha value is -2.58.